The molecule has 0 spiro atoms. The Balaban J connectivity index is 1.97. The van der Waals surface area contributed by atoms with E-state index in [-0.39, 0.29) is 18.5 Å². The Hall–Kier alpha value is -3.75. The minimum atomic E-state index is -0.169. The quantitative estimate of drug-likeness (QED) is 0.703. The number of amides is 1. The normalized spacial score (nSPS) is 13.0. The zero-order valence-electron chi connectivity index (χ0n) is 16.5. The molecule has 0 fully saturated rings. The fourth-order valence-corrected chi connectivity index (χ4v) is 3.30. The van der Waals surface area contributed by atoms with Gasteiger partial charge < -0.3 is 29.2 Å². The summed E-state index contributed by atoms with van der Waals surface area (Å²) in [5.74, 6) is 2.06. The molecule has 0 saturated carbocycles. The van der Waals surface area contributed by atoms with Crippen LogP contribution in [-0.4, -0.2) is 50.9 Å². The minimum Gasteiger partial charge on any atom is -0.497 e. The number of aromatic nitrogens is 2. The van der Waals surface area contributed by atoms with E-state index in [1.807, 2.05) is 17.0 Å². The van der Waals surface area contributed by atoms with Gasteiger partial charge in [-0.3, -0.25) is 4.79 Å². The van der Waals surface area contributed by atoms with E-state index < -0.39 is 0 Å². The number of hydrogen-bond acceptors (Lipinski definition) is 8. The number of rotatable bonds is 5. The first-order valence-corrected chi connectivity index (χ1v) is 8.81. The van der Waals surface area contributed by atoms with Gasteiger partial charge in [-0.15, -0.1) is 0 Å². The molecule has 0 saturated heterocycles. The van der Waals surface area contributed by atoms with Crippen molar-refractivity contribution in [2.24, 2.45) is 0 Å². The van der Waals surface area contributed by atoms with Crippen molar-refractivity contribution in [1.29, 1.82) is 0 Å². The highest BCUT2D eigenvalue weighted by atomic mass is 16.5. The first-order valence-electron chi connectivity index (χ1n) is 8.81. The van der Waals surface area contributed by atoms with Gasteiger partial charge in [0.05, 0.1) is 45.3 Å². The number of ether oxygens (including phenoxy) is 4. The summed E-state index contributed by atoms with van der Waals surface area (Å²) in [5, 5.41) is 3.57. The van der Waals surface area contributed by atoms with Crippen molar-refractivity contribution < 1.29 is 23.7 Å². The lowest BCUT2D eigenvalue weighted by Gasteiger charge is -2.31. The highest BCUT2D eigenvalue weighted by Crippen LogP contribution is 2.41. The molecular formula is C20H20N4O5. The maximum absolute atomic E-state index is 12.4. The average molecular weight is 396 g/mol. The summed E-state index contributed by atoms with van der Waals surface area (Å²) in [7, 11) is 6.19. The Morgan fingerprint density at radius 3 is 2.38 bits per heavy atom. The van der Waals surface area contributed by atoms with Crippen LogP contribution >= 0.6 is 0 Å². The van der Waals surface area contributed by atoms with Gasteiger partial charge in [-0.05, 0) is 18.2 Å². The second-order valence-corrected chi connectivity index (χ2v) is 6.28. The van der Waals surface area contributed by atoms with Crippen LogP contribution in [0.1, 0.15) is 0 Å². The van der Waals surface area contributed by atoms with Crippen LogP contribution in [0.25, 0.3) is 10.9 Å². The Kier molecular flexibility index (Phi) is 4.71. The number of anilines is 3. The van der Waals surface area contributed by atoms with Gasteiger partial charge in [-0.2, -0.15) is 9.97 Å². The average Bonchev–Trinajstić information content (AvgIpc) is 2.76. The molecule has 0 aliphatic carbocycles. The van der Waals surface area contributed by atoms with E-state index in [4.69, 9.17) is 18.9 Å². The van der Waals surface area contributed by atoms with Crippen LogP contribution in [0.4, 0.5) is 17.2 Å². The second kappa shape index (κ2) is 7.34. The molecule has 1 aliphatic heterocycles. The summed E-state index contributed by atoms with van der Waals surface area (Å²) in [6, 6.07) is 9.19. The maximum atomic E-state index is 12.4. The number of nitrogens with one attached hydrogen (secondary N) is 1. The summed E-state index contributed by atoms with van der Waals surface area (Å²) in [6.07, 6.45) is 0. The number of fused-ring (bicyclic) bond motifs is 2. The largest absolute Gasteiger partial charge is 0.497 e. The first kappa shape index (κ1) is 18.6. The van der Waals surface area contributed by atoms with Crippen molar-refractivity contribution in [3.8, 4) is 23.3 Å². The fourth-order valence-electron chi connectivity index (χ4n) is 3.30. The Morgan fingerprint density at radius 2 is 1.69 bits per heavy atom. The van der Waals surface area contributed by atoms with Crippen molar-refractivity contribution in [3.63, 3.8) is 0 Å². The molecule has 0 bridgehead atoms. The molecule has 9 nitrogen and oxygen atoms in total. The zero-order chi connectivity index (χ0) is 20.5. The van der Waals surface area contributed by atoms with Crippen LogP contribution in [-0.2, 0) is 4.79 Å². The SMILES string of the molecule is COc1ccc2c(c1)NC(=O)CN2c1nc(OC)nc2cc(OC)c(OC)cc12. The van der Waals surface area contributed by atoms with Gasteiger partial charge in [0.15, 0.2) is 11.5 Å². The Bertz CT molecular complexity index is 1100. The monoisotopic (exact) mass is 396 g/mol. The molecule has 1 aliphatic rings. The fraction of sp³-hybridized carbons (Fsp3) is 0.250. The van der Waals surface area contributed by atoms with Crippen LogP contribution in [0, 0.1) is 0 Å². The lowest BCUT2D eigenvalue weighted by Crippen LogP contribution is -2.35. The van der Waals surface area contributed by atoms with Gasteiger partial charge in [0.25, 0.3) is 0 Å². The van der Waals surface area contributed by atoms with E-state index >= 15 is 0 Å². The molecule has 0 radical (unpaired) electrons. The third-order valence-electron chi connectivity index (χ3n) is 4.67. The molecular weight excluding hydrogens is 376 g/mol. The molecule has 2 aromatic carbocycles. The lowest BCUT2D eigenvalue weighted by atomic mass is 10.1. The highest BCUT2D eigenvalue weighted by molar-refractivity contribution is 6.06. The molecule has 3 aromatic rings. The molecule has 1 amide bonds. The second-order valence-electron chi connectivity index (χ2n) is 6.28. The number of hydrogen-bond donors (Lipinski definition) is 1. The van der Waals surface area contributed by atoms with Crippen LogP contribution in [0.15, 0.2) is 30.3 Å². The zero-order valence-corrected chi connectivity index (χ0v) is 16.5. The first-order chi connectivity index (χ1) is 14.1. The van der Waals surface area contributed by atoms with Crippen molar-refractivity contribution in [2.75, 3.05) is 45.2 Å². The summed E-state index contributed by atoms with van der Waals surface area (Å²) < 4.78 is 21.4. The summed E-state index contributed by atoms with van der Waals surface area (Å²) in [4.78, 5) is 23.2. The van der Waals surface area contributed by atoms with E-state index in [9.17, 15) is 4.79 Å². The topological polar surface area (TPSA) is 95.0 Å². The summed E-state index contributed by atoms with van der Waals surface area (Å²) in [5.41, 5.74) is 2.01. The van der Waals surface area contributed by atoms with E-state index in [1.54, 1.807) is 39.5 Å². The molecule has 150 valence electrons. The molecule has 4 rings (SSSR count). The molecule has 1 N–H and O–H groups in total. The standard InChI is InChI=1S/C20H20N4O5/c1-26-11-5-6-15-14(7-11)21-18(25)10-24(15)19-12-8-16(27-2)17(28-3)9-13(12)22-20(23-19)29-4/h5-9H,10H2,1-4H3,(H,21,25). The highest BCUT2D eigenvalue weighted by Gasteiger charge is 2.27. The van der Waals surface area contributed by atoms with E-state index in [1.165, 1.54) is 7.11 Å². The summed E-state index contributed by atoms with van der Waals surface area (Å²) in [6.45, 7) is 0.0863. The van der Waals surface area contributed by atoms with Gasteiger partial charge >= 0.3 is 6.01 Å². The third kappa shape index (κ3) is 3.20. The predicted octanol–water partition coefficient (Wildman–Crippen LogP) is 2.75. The van der Waals surface area contributed by atoms with E-state index in [0.717, 1.165) is 5.69 Å². The number of methoxy groups -OCH3 is 4. The molecule has 9 heteroatoms. The molecule has 2 heterocycles. The van der Waals surface area contributed by atoms with Crippen LogP contribution in [0.5, 0.6) is 23.3 Å². The van der Waals surface area contributed by atoms with E-state index in [0.29, 0.717) is 39.7 Å². The third-order valence-corrected chi connectivity index (χ3v) is 4.67. The number of carbonyl (C=O) groups excluding carboxylic acids is 1. The van der Waals surface area contributed by atoms with Gasteiger partial charge in [-0.25, -0.2) is 0 Å². The van der Waals surface area contributed by atoms with Gasteiger partial charge in [-0.1, -0.05) is 0 Å². The maximum Gasteiger partial charge on any atom is 0.318 e. The van der Waals surface area contributed by atoms with Gasteiger partial charge in [0, 0.05) is 17.5 Å². The van der Waals surface area contributed by atoms with Gasteiger partial charge in [0.1, 0.15) is 18.1 Å². The number of carbonyl (C=O) groups is 1. The minimum absolute atomic E-state index is 0.0863. The number of nitrogens with zero attached hydrogens (tertiary/aromatic N) is 3. The number of benzene rings is 2. The van der Waals surface area contributed by atoms with Crippen molar-refractivity contribution in [3.05, 3.63) is 30.3 Å². The van der Waals surface area contributed by atoms with Crippen LogP contribution in [0.2, 0.25) is 0 Å². The summed E-state index contributed by atoms with van der Waals surface area (Å²) >= 11 is 0. The van der Waals surface area contributed by atoms with Crippen LogP contribution in [0.3, 0.4) is 0 Å². The Morgan fingerprint density at radius 1 is 0.931 bits per heavy atom. The smallest absolute Gasteiger partial charge is 0.318 e. The van der Waals surface area contributed by atoms with Gasteiger partial charge in [0.2, 0.25) is 5.91 Å². The molecule has 1 aromatic heterocycles. The lowest BCUT2D eigenvalue weighted by molar-refractivity contribution is -0.115. The molecule has 29 heavy (non-hydrogen) atoms. The Labute approximate surface area is 167 Å². The van der Waals surface area contributed by atoms with E-state index in [2.05, 4.69) is 15.3 Å². The predicted molar refractivity (Wildman–Crippen MR) is 108 cm³/mol. The van der Waals surface area contributed by atoms with Crippen LogP contribution < -0.4 is 29.2 Å². The van der Waals surface area contributed by atoms with Crippen molar-refractivity contribution in [1.82, 2.24) is 9.97 Å². The van der Waals surface area contributed by atoms with Crippen molar-refractivity contribution in [2.45, 2.75) is 0 Å². The molecule has 0 unspecified atom stereocenters. The van der Waals surface area contributed by atoms with Crippen molar-refractivity contribution >= 4 is 34.0 Å². The molecule has 0 atom stereocenters.